The molecule has 10 heteroatoms. The van der Waals surface area contributed by atoms with Crippen molar-refractivity contribution in [1.29, 1.82) is 0 Å². The molecular formula is C10H13F3O6S. The van der Waals surface area contributed by atoms with Crippen LogP contribution in [0.2, 0.25) is 0 Å². The van der Waals surface area contributed by atoms with Gasteiger partial charge in [0.2, 0.25) is 0 Å². The third kappa shape index (κ3) is 4.10. The van der Waals surface area contributed by atoms with E-state index in [-0.39, 0.29) is 6.61 Å². The SMILES string of the molecule is CCOC(=O)[C@H]1CC(OS(=O)(=O)C(F)(F)F)=C[C@@H](C)O1. The molecule has 0 aromatic carbocycles. The van der Waals surface area contributed by atoms with Crippen LogP contribution in [0.4, 0.5) is 13.2 Å². The lowest BCUT2D eigenvalue weighted by Gasteiger charge is -2.25. The minimum atomic E-state index is -5.76. The molecule has 2 atom stereocenters. The van der Waals surface area contributed by atoms with Crippen LogP contribution in [0.3, 0.4) is 0 Å². The molecule has 0 spiro atoms. The summed E-state index contributed by atoms with van der Waals surface area (Å²) in [6.45, 7) is 3.04. The fourth-order valence-electron chi connectivity index (χ4n) is 1.48. The Balaban J connectivity index is 2.84. The molecule has 0 aromatic rings. The van der Waals surface area contributed by atoms with Gasteiger partial charge in [0.25, 0.3) is 0 Å². The number of alkyl halides is 3. The van der Waals surface area contributed by atoms with Crippen molar-refractivity contribution in [3.8, 4) is 0 Å². The molecule has 0 unspecified atom stereocenters. The normalized spacial score (nSPS) is 23.9. The molecule has 0 radical (unpaired) electrons. The van der Waals surface area contributed by atoms with Gasteiger partial charge in [-0.15, -0.1) is 0 Å². The molecule has 1 aliphatic heterocycles. The summed E-state index contributed by atoms with van der Waals surface area (Å²) in [6.07, 6.45) is -1.37. The monoisotopic (exact) mass is 318 g/mol. The minimum Gasteiger partial charge on any atom is -0.464 e. The van der Waals surface area contributed by atoms with Gasteiger partial charge in [0.15, 0.2) is 6.10 Å². The highest BCUT2D eigenvalue weighted by Gasteiger charge is 2.49. The molecule has 0 saturated carbocycles. The maximum absolute atomic E-state index is 12.2. The second kappa shape index (κ2) is 6.00. The summed E-state index contributed by atoms with van der Waals surface area (Å²) in [4.78, 5) is 11.5. The Morgan fingerprint density at radius 2 is 2.10 bits per heavy atom. The topological polar surface area (TPSA) is 78.9 Å². The predicted octanol–water partition coefficient (Wildman–Crippen LogP) is 1.48. The maximum Gasteiger partial charge on any atom is 0.534 e. The minimum absolute atomic E-state index is 0.0633. The van der Waals surface area contributed by atoms with Crippen molar-refractivity contribution in [3.05, 3.63) is 11.8 Å². The van der Waals surface area contributed by atoms with Gasteiger partial charge in [-0.05, 0) is 19.9 Å². The second-order valence-electron chi connectivity index (χ2n) is 3.90. The van der Waals surface area contributed by atoms with E-state index in [1.54, 1.807) is 6.92 Å². The van der Waals surface area contributed by atoms with E-state index in [2.05, 4.69) is 8.92 Å². The van der Waals surface area contributed by atoms with Gasteiger partial charge in [-0.1, -0.05) is 0 Å². The molecule has 1 heterocycles. The molecule has 0 aliphatic carbocycles. The summed E-state index contributed by atoms with van der Waals surface area (Å²) in [5, 5.41) is 0. The standard InChI is InChI=1S/C10H13F3O6S/c1-3-17-9(14)8-5-7(4-6(2)18-8)19-20(15,16)10(11,12)13/h4,6,8H,3,5H2,1-2H3/t6-,8-/m1/s1. The molecule has 0 N–H and O–H groups in total. The van der Waals surface area contributed by atoms with Crippen LogP contribution in [-0.4, -0.2) is 38.7 Å². The lowest BCUT2D eigenvalue weighted by Crippen LogP contribution is -2.35. The number of esters is 1. The van der Waals surface area contributed by atoms with Crippen LogP contribution in [0, 0.1) is 0 Å². The molecule has 1 rings (SSSR count). The molecule has 0 fully saturated rings. The molecule has 0 bridgehead atoms. The average molecular weight is 318 g/mol. The van der Waals surface area contributed by atoms with Gasteiger partial charge < -0.3 is 13.7 Å². The van der Waals surface area contributed by atoms with Gasteiger partial charge >= 0.3 is 21.6 Å². The van der Waals surface area contributed by atoms with Gasteiger partial charge in [0, 0.05) is 6.42 Å². The summed E-state index contributed by atoms with van der Waals surface area (Å²) < 4.78 is 72.1. The van der Waals surface area contributed by atoms with Crippen molar-refractivity contribution in [3.63, 3.8) is 0 Å². The van der Waals surface area contributed by atoms with Crippen molar-refractivity contribution in [2.45, 2.75) is 38.0 Å². The maximum atomic E-state index is 12.2. The summed E-state index contributed by atoms with van der Waals surface area (Å²) in [7, 11) is -5.76. The average Bonchev–Trinajstić information content (AvgIpc) is 2.26. The Labute approximate surface area is 113 Å². The van der Waals surface area contributed by atoms with Crippen molar-refractivity contribution < 1.29 is 40.0 Å². The fourth-order valence-corrected chi connectivity index (χ4v) is 1.98. The summed E-state index contributed by atoms with van der Waals surface area (Å²) in [5.74, 6) is -1.29. The molecule has 0 amide bonds. The van der Waals surface area contributed by atoms with Crippen molar-refractivity contribution >= 4 is 16.1 Å². The van der Waals surface area contributed by atoms with Crippen LogP contribution in [0.5, 0.6) is 0 Å². The first kappa shape index (κ1) is 16.8. The molecule has 0 aromatic heterocycles. The van der Waals surface area contributed by atoms with E-state index >= 15 is 0 Å². The number of halogens is 3. The van der Waals surface area contributed by atoms with E-state index < -0.39 is 46.0 Å². The highest BCUT2D eigenvalue weighted by atomic mass is 32.2. The summed E-state index contributed by atoms with van der Waals surface area (Å²) in [6, 6.07) is 0. The van der Waals surface area contributed by atoms with Gasteiger partial charge in [-0.2, -0.15) is 21.6 Å². The number of hydrogen-bond donors (Lipinski definition) is 0. The van der Waals surface area contributed by atoms with Crippen LogP contribution in [0.25, 0.3) is 0 Å². The molecule has 0 saturated heterocycles. The number of carbonyl (C=O) groups excluding carboxylic acids is 1. The Morgan fingerprint density at radius 1 is 1.50 bits per heavy atom. The molecule has 116 valence electrons. The van der Waals surface area contributed by atoms with E-state index in [1.165, 1.54) is 6.92 Å². The van der Waals surface area contributed by atoms with E-state index in [0.717, 1.165) is 6.08 Å². The van der Waals surface area contributed by atoms with E-state index in [4.69, 9.17) is 4.74 Å². The second-order valence-corrected chi connectivity index (χ2v) is 5.44. The zero-order chi connectivity index (χ0) is 15.6. The highest BCUT2D eigenvalue weighted by molar-refractivity contribution is 7.87. The lowest BCUT2D eigenvalue weighted by atomic mass is 10.1. The van der Waals surface area contributed by atoms with E-state index in [9.17, 15) is 26.4 Å². The Morgan fingerprint density at radius 3 is 2.60 bits per heavy atom. The van der Waals surface area contributed by atoms with Crippen LogP contribution >= 0.6 is 0 Å². The zero-order valence-corrected chi connectivity index (χ0v) is 11.5. The van der Waals surface area contributed by atoms with Crippen LogP contribution in [0.1, 0.15) is 20.3 Å². The smallest absolute Gasteiger partial charge is 0.464 e. The van der Waals surface area contributed by atoms with Crippen LogP contribution in [0.15, 0.2) is 11.8 Å². The number of ether oxygens (including phenoxy) is 2. The largest absolute Gasteiger partial charge is 0.534 e. The summed E-state index contributed by atoms with van der Waals surface area (Å²) >= 11 is 0. The third-order valence-corrected chi connectivity index (χ3v) is 3.24. The Bertz CT molecular complexity index is 496. The molecule has 1 aliphatic rings. The van der Waals surface area contributed by atoms with Crippen molar-refractivity contribution in [2.75, 3.05) is 6.61 Å². The van der Waals surface area contributed by atoms with Gasteiger partial charge in [-0.25, -0.2) is 4.79 Å². The van der Waals surface area contributed by atoms with Gasteiger partial charge in [-0.3, -0.25) is 0 Å². The Kier molecular flexibility index (Phi) is 5.03. The summed E-state index contributed by atoms with van der Waals surface area (Å²) in [5.41, 5.74) is -5.53. The van der Waals surface area contributed by atoms with Crippen LogP contribution < -0.4 is 0 Å². The van der Waals surface area contributed by atoms with Crippen LogP contribution in [-0.2, 0) is 28.6 Å². The quantitative estimate of drug-likeness (QED) is 0.444. The molecule has 20 heavy (non-hydrogen) atoms. The first-order valence-electron chi connectivity index (χ1n) is 5.60. The zero-order valence-electron chi connectivity index (χ0n) is 10.6. The fraction of sp³-hybridized carbons (Fsp3) is 0.700. The first-order chi connectivity index (χ1) is 9.06. The number of rotatable bonds is 4. The molecule has 6 nitrogen and oxygen atoms in total. The lowest BCUT2D eigenvalue weighted by molar-refractivity contribution is -0.160. The number of hydrogen-bond acceptors (Lipinski definition) is 6. The third-order valence-electron chi connectivity index (χ3n) is 2.24. The first-order valence-corrected chi connectivity index (χ1v) is 7.01. The Hall–Kier alpha value is -1.29. The van der Waals surface area contributed by atoms with Crippen molar-refractivity contribution in [2.24, 2.45) is 0 Å². The van der Waals surface area contributed by atoms with Gasteiger partial charge in [0.05, 0.1) is 12.7 Å². The van der Waals surface area contributed by atoms with Gasteiger partial charge in [0.1, 0.15) is 5.76 Å². The highest BCUT2D eigenvalue weighted by Crippen LogP contribution is 2.30. The molecular weight excluding hydrogens is 305 g/mol. The predicted molar refractivity (Wildman–Crippen MR) is 59.7 cm³/mol. The van der Waals surface area contributed by atoms with E-state index in [0.29, 0.717) is 0 Å². The number of carbonyl (C=O) groups is 1. The van der Waals surface area contributed by atoms with E-state index in [1.807, 2.05) is 0 Å². The van der Waals surface area contributed by atoms with Crippen molar-refractivity contribution in [1.82, 2.24) is 0 Å².